The molecule has 16 heavy (non-hydrogen) atoms. The number of hydrogen-bond acceptors (Lipinski definition) is 3. The van der Waals surface area contributed by atoms with E-state index in [9.17, 15) is 4.79 Å². The van der Waals surface area contributed by atoms with Crippen molar-refractivity contribution in [3.05, 3.63) is 23.4 Å². The molecule has 0 aliphatic heterocycles. The van der Waals surface area contributed by atoms with Crippen LogP contribution in [0, 0.1) is 0 Å². The van der Waals surface area contributed by atoms with Gasteiger partial charge in [0.25, 0.3) is 5.91 Å². The summed E-state index contributed by atoms with van der Waals surface area (Å²) in [5.74, 6) is 0.380. The van der Waals surface area contributed by atoms with Crippen LogP contribution in [-0.4, -0.2) is 29.9 Å². The van der Waals surface area contributed by atoms with Gasteiger partial charge in [-0.3, -0.25) is 4.79 Å². The SMILES string of the molecule is CCCCc1cc(C(=O)N(C)C)cc(N)n1. The number of anilines is 1. The number of amides is 1. The van der Waals surface area contributed by atoms with Gasteiger partial charge in [-0.15, -0.1) is 0 Å². The van der Waals surface area contributed by atoms with Crippen molar-refractivity contribution in [1.82, 2.24) is 9.88 Å². The highest BCUT2D eigenvalue weighted by molar-refractivity contribution is 5.94. The van der Waals surface area contributed by atoms with Gasteiger partial charge in [0.15, 0.2) is 0 Å². The number of unbranched alkanes of at least 4 members (excludes halogenated alkanes) is 1. The molecule has 2 N–H and O–H groups in total. The molecular weight excluding hydrogens is 202 g/mol. The summed E-state index contributed by atoms with van der Waals surface area (Å²) in [4.78, 5) is 17.5. The first kappa shape index (κ1) is 12.5. The molecule has 1 aromatic heterocycles. The first-order valence-corrected chi connectivity index (χ1v) is 5.52. The number of rotatable bonds is 4. The summed E-state index contributed by atoms with van der Waals surface area (Å²) >= 11 is 0. The molecule has 0 saturated heterocycles. The third-order valence-corrected chi connectivity index (χ3v) is 2.34. The summed E-state index contributed by atoms with van der Waals surface area (Å²) < 4.78 is 0. The van der Waals surface area contributed by atoms with Crippen LogP contribution in [-0.2, 0) is 6.42 Å². The van der Waals surface area contributed by atoms with Gasteiger partial charge in [-0.2, -0.15) is 0 Å². The smallest absolute Gasteiger partial charge is 0.253 e. The highest BCUT2D eigenvalue weighted by Gasteiger charge is 2.10. The summed E-state index contributed by atoms with van der Waals surface area (Å²) in [6.45, 7) is 2.12. The quantitative estimate of drug-likeness (QED) is 0.842. The Bertz CT molecular complexity index is 375. The molecule has 0 atom stereocenters. The van der Waals surface area contributed by atoms with Crippen molar-refractivity contribution >= 4 is 11.7 Å². The van der Waals surface area contributed by atoms with Gasteiger partial charge < -0.3 is 10.6 Å². The largest absolute Gasteiger partial charge is 0.384 e. The zero-order chi connectivity index (χ0) is 12.1. The van der Waals surface area contributed by atoms with Crippen LogP contribution < -0.4 is 5.73 Å². The highest BCUT2D eigenvalue weighted by Crippen LogP contribution is 2.11. The average molecular weight is 221 g/mol. The number of carbonyl (C=O) groups is 1. The molecule has 1 heterocycles. The van der Waals surface area contributed by atoms with E-state index in [1.807, 2.05) is 6.07 Å². The second-order valence-electron chi connectivity index (χ2n) is 4.08. The van der Waals surface area contributed by atoms with Gasteiger partial charge in [0.2, 0.25) is 0 Å². The van der Waals surface area contributed by atoms with Crippen LogP contribution in [0.3, 0.4) is 0 Å². The monoisotopic (exact) mass is 221 g/mol. The number of hydrogen-bond donors (Lipinski definition) is 1. The predicted octanol–water partition coefficient (Wildman–Crippen LogP) is 1.71. The van der Waals surface area contributed by atoms with E-state index in [4.69, 9.17) is 5.73 Å². The fourth-order valence-electron chi connectivity index (χ4n) is 1.48. The first-order chi connectivity index (χ1) is 7.54. The normalized spacial score (nSPS) is 10.2. The topological polar surface area (TPSA) is 59.2 Å². The molecule has 1 aromatic rings. The minimum Gasteiger partial charge on any atom is -0.384 e. The number of nitrogens with two attached hydrogens (primary N) is 1. The average Bonchev–Trinajstić information content (AvgIpc) is 2.24. The third-order valence-electron chi connectivity index (χ3n) is 2.34. The molecule has 0 bridgehead atoms. The van der Waals surface area contributed by atoms with Crippen molar-refractivity contribution in [3.63, 3.8) is 0 Å². The molecule has 0 fully saturated rings. The molecule has 0 saturated carbocycles. The molecule has 0 aromatic carbocycles. The molecule has 4 nitrogen and oxygen atoms in total. The van der Waals surface area contributed by atoms with Crippen LogP contribution >= 0.6 is 0 Å². The Kier molecular flexibility index (Phi) is 4.28. The Morgan fingerprint density at radius 3 is 2.69 bits per heavy atom. The van der Waals surface area contributed by atoms with Crippen LogP contribution in [0.4, 0.5) is 5.82 Å². The van der Waals surface area contributed by atoms with Gasteiger partial charge >= 0.3 is 0 Å². The van der Waals surface area contributed by atoms with Crippen molar-refractivity contribution in [1.29, 1.82) is 0 Å². The molecule has 0 spiro atoms. The maximum absolute atomic E-state index is 11.8. The molecule has 4 heteroatoms. The predicted molar refractivity (Wildman–Crippen MR) is 65.3 cm³/mol. The van der Waals surface area contributed by atoms with Crippen LogP contribution in [0.2, 0.25) is 0 Å². The van der Waals surface area contributed by atoms with E-state index in [-0.39, 0.29) is 5.91 Å². The molecule has 88 valence electrons. The van der Waals surface area contributed by atoms with Crippen molar-refractivity contribution in [2.75, 3.05) is 19.8 Å². The van der Waals surface area contributed by atoms with Crippen LogP contribution in [0.25, 0.3) is 0 Å². The summed E-state index contributed by atoms with van der Waals surface area (Å²) in [6.07, 6.45) is 3.04. The number of aryl methyl sites for hydroxylation is 1. The number of pyridine rings is 1. The Labute approximate surface area is 96.5 Å². The number of nitrogen functional groups attached to an aromatic ring is 1. The third kappa shape index (κ3) is 3.22. The van der Waals surface area contributed by atoms with E-state index in [2.05, 4.69) is 11.9 Å². The van der Waals surface area contributed by atoms with Gasteiger partial charge in [-0.05, 0) is 25.0 Å². The highest BCUT2D eigenvalue weighted by atomic mass is 16.2. The van der Waals surface area contributed by atoms with E-state index in [0.717, 1.165) is 25.0 Å². The second-order valence-corrected chi connectivity index (χ2v) is 4.08. The summed E-state index contributed by atoms with van der Waals surface area (Å²) in [5.41, 5.74) is 7.20. The zero-order valence-corrected chi connectivity index (χ0v) is 10.2. The van der Waals surface area contributed by atoms with E-state index in [0.29, 0.717) is 11.4 Å². The summed E-state index contributed by atoms with van der Waals surface area (Å²) in [6, 6.07) is 3.45. The van der Waals surface area contributed by atoms with Crippen molar-refractivity contribution in [2.45, 2.75) is 26.2 Å². The minimum atomic E-state index is -0.0353. The van der Waals surface area contributed by atoms with Crippen LogP contribution in [0.1, 0.15) is 35.8 Å². The van der Waals surface area contributed by atoms with E-state index in [1.54, 1.807) is 25.1 Å². The maximum Gasteiger partial charge on any atom is 0.253 e. The Balaban J connectivity index is 2.93. The standard InChI is InChI=1S/C12H19N3O/c1-4-5-6-10-7-9(8-11(13)14-10)12(16)15(2)3/h7-8H,4-6H2,1-3H3,(H2,13,14). The van der Waals surface area contributed by atoms with Gasteiger partial charge in [0, 0.05) is 25.4 Å². The second kappa shape index (κ2) is 5.49. The van der Waals surface area contributed by atoms with Gasteiger partial charge in [-0.25, -0.2) is 4.98 Å². The first-order valence-electron chi connectivity index (χ1n) is 5.52. The van der Waals surface area contributed by atoms with Crippen LogP contribution in [0.5, 0.6) is 0 Å². The van der Waals surface area contributed by atoms with E-state index < -0.39 is 0 Å². The van der Waals surface area contributed by atoms with E-state index in [1.165, 1.54) is 0 Å². The van der Waals surface area contributed by atoms with Gasteiger partial charge in [0.05, 0.1) is 0 Å². The van der Waals surface area contributed by atoms with Crippen molar-refractivity contribution in [3.8, 4) is 0 Å². The molecule has 1 amide bonds. The Hall–Kier alpha value is -1.58. The summed E-state index contributed by atoms with van der Waals surface area (Å²) in [7, 11) is 3.45. The number of nitrogens with zero attached hydrogens (tertiary/aromatic N) is 2. The maximum atomic E-state index is 11.8. The molecule has 0 unspecified atom stereocenters. The molecular formula is C12H19N3O. The lowest BCUT2D eigenvalue weighted by Gasteiger charge is -2.11. The lowest BCUT2D eigenvalue weighted by atomic mass is 10.1. The fraction of sp³-hybridized carbons (Fsp3) is 0.500. The minimum absolute atomic E-state index is 0.0353. The molecule has 1 rings (SSSR count). The molecule has 0 aliphatic rings. The van der Waals surface area contributed by atoms with Crippen molar-refractivity contribution < 1.29 is 4.79 Å². The molecule has 0 aliphatic carbocycles. The lowest BCUT2D eigenvalue weighted by molar-refractivity contribution is 0.0827. The van der Waals surface area contributed by atoms with Gasteiger partial charge in [-0.1, -0.05) is 13.3 Å². The zero-order valence-electron chi connectivity index (χ0n) is 10.2. The van der Waals surface area contributed by atoms with Gasteiger partial charge in [0.1, 0.15) is 5.82 Å². The number of aromatic nitrogens is 1. The van der Waals surface area contributed by atoms with Crippen molar-refractivity contribution in [2.24, 2.45) is 0 Å². The Morgan fingerprint density at radius 2 is 2.12 bits per heavy atom. The lowest BCUT2D eigenvalue weighted by Crippen LogP contribution is -2.22. The molecule has 0 radical (unpaired) electrons. The van der Waals surface area contributed by atoms with E-state index >= 15 is 0 Å². The van der Waals surface area contributed by atoms with Crippen LogP contribution in [0.15, 0.2) is 12.1 Å². The number of carbonyl (C=O) groups excluding carboxylic acids is 1. The summed E-state index contributed by atoms with van der Waals surface area (Å²) in [5, 5.41) is 0. The fourth-order valence-corrected chi connectivity index (χ4v) is 1.48. The Morgan fingerprint density at radius 1 is 1.44 bits per heavy atom.